The van der Waals surface area contributed by atoms with E-state index in [1.807, 2.05) is 19.6 Å². The van der Waals surface area contributed by atoms with Crippen LogP contribution in [0.4, 0.5) is 11.4 Å². The van der Waals surface area contributed by atoms with Gasteiger partial charge < -0.3 is 15.3 Å². The summed E-state index contributed by atoms with van der Waals surface area (Å²) in [7, 11) is -2.05. The van der Waals surface area contributed by atoms with E-state index in [9.17, 15) is 14.9 Å². The molecule has 0 aliphatic rings. The van der Waals surface area contributed by atoms with E-state index in [2.05, 4.69) is 0 Å². The van der Waals surface area contributed by atoms with Gasteiger partial charge in [0.2, 0.25) is 8.32 Å². The molecule has 0 aliphatic carbocycles. The fraction of sp³-hybridized carbons (Fsp3) is 0.300. The standard InChI is InChI=1S/C10H14N2O5Si/c1-18(2,3)17-9-5-7(11)6(10(13)14)4-8(9)12(15)16/h4-5H,11H2,1-3H3,(H,13,14). The first-order valence-electron chi connectivity index (χ1n) is 5.12. The van der Waals surface area contributed by atoms with E-state index in [4.69, 9.17) is 15.3 Å². The van der Waals surface area contributed by atoms with Gasteiger partial charge in [0.25, 0.3) is 0 Å². The van der Waals surface area contributed by atoms with Gasteiger partial charge in [-0.25, -0.2) is 4.79 Å². The van der Waals surface area contributed by atoms with Crippen molar-refractivity contribution in [2.45, 2.75) is 19.6 Å². The third-order valence-corrected chi connectivity index (χ3v) is 2.81. The van der Waals surface area contributed by atoms with Crippen molar-refractivity contribution in [3.05, 3.63) is 27.8 Å². The number of rotatable bonds is 4. The van der Waals surface area contributed by atoms with Crippen molar-refractivity contribution in [1.29, 1.82) is 0 Å². The van der Waals surface area contributed by atoms with Crippen LogP contribution in [0.3, 0.4) is 0 Å². The Hall–Kier alpha value is -2.09. The van der Waals surface area contributed by atoms with E-state index in [-0.39, 0.29) is 22.7 Å². The van der Waals surface area contributed by atoms with Gasteiger partial charge in [0, 0.05) is 12.1 Å². The molecule has 0 spiro atoms. The summed E-state index contributed by atoms with van der Waals surface area (Å²) < 4.78 is 5.53. The number of benzene rings is 1. The second-order valence-corrected chi connectivity index (χ2v) is 9.11. The minimum Gasteiger partial charge on any atom is -0.540 e. The van der Waals surface area contributed by atoms with Crippen LogP contribution in [-0.4, -0.2) is 24.3 Å². The Balaban J connectivity index is 3.38. The summed E-state index contributed by atoms with van der Waals surface area (Å²) in [5.74, 6) is -1.29. The third-order valence-electron chi connectivity index (χ3n) is 1.97. The minimum absolute atomic E-state index is 0.0154. The average molecular weight is 270 g/mol. The zero-order valence-corrected chi connectivity index (χ0v) is 11.3. The normalized spacial score (nSPS) is 11.1. The van der Waals surface area contributed by atoms with Crippen LogP contribution in [0.2, 0.25) is 19.6 Å². The van der Waals surface area contributed by atoms with Crippen LogP contribution in [-0.2, 0) is 0 Å². The van der Waals surface area contributed by atoms with Gasteiger partial charge >= 0.3 is 11.7 Å². The van der Waals surface area contributed by atoms with Crippen molar-refractivity contribution in [2.24, 2.45) is 0 Å². The summed E-state index contributed by atoms with van der Waals surface area (Å²) in [4.78, 5) is 21.1. The number of nitrogens with zero attached hydrogens (tertiary/aromatic N) is 1. The summed E-state index contributed by atoms with van der Waals surface area (Å²) in [6, 6.07) is 2.12. The maximum atomic E-state index is 10.9. The maximum absolute atomic E-state index is 10.9. The Morgan fingerprint density at radius 3 is 2.39 bits per heavy atom. The Morgan fingerprint density at radius 2 is 2.00 bits per heavy atom. The fourth-order valence-electron chi connectivity index (χ4n) is 1.32. The smallest absolute Gasteiger partial charge is 0.338 e. The zero-order chi connectivity index (χ0) is 14.1. The summed E-state index contributed by atoms with van der Waals surface area (Å²) in [5.41, 5.74) is 4.80. The largest absolute Gasteiger partial charge is 0.540 e. The lowest BCUT2D eigenvalue weighted by Crippen LogP contribution is -2.29. The molecule has 0 bridgehead atoms. The Morgan fingerprint density at radius 1 is 1.44 bits per heavy atom. The molecule has 18 heavy (non-hydrogen) atoms. The van der Waals surface area contributed by atoms with Gasteiger partial charge in [-0.2, -0.15) is 0 Å². The van der Waals surface area contributed by atoms with Crippen molar-refractivity contribution in [1.82, 2.24) is 0 Å². The number of carboxylic acid groups (broad SMARTS) is 1. The number of nitro benzene ring substituents is 1. The molecule has 98 valence electrons. The Kier molecular flexibility index (Phi) is 3.61. The lowest BCUT2D eigenvalue weighted by atomic mass is 10.1. The van der Waals surface area contributed by atoms with E-state index in [0.29, 0.717) is 0 Å². The Labute approximate surface area is 104 Å². The molecule has 0 aliphatic heterocycles. The SMILES string of the molecule is C[Si](C)(C)Oc1cc(N)c(C(=O)O)cc1[N+](=O)[O-]. The number of nitrogens with two attached hydrogens (primary N) is 1. The molecule has 1 aromatic carbocycles. The number of carboxylic acids is 1. The topological polar surface area (TPSA) is 116 Å². The number of anilines is 1. The third kappa shape index (κ3) is 3.20. The quantitative estimate of drug-likeness (QED) is 0.374. The van der Waals surface area contributed by atoms with E-state index < -0.39 is 19.2 Å². The van der Waals surface area contributed by atoms with Crippen LogP contribution < -0.4 is 10.2 Å². The predicted octanol–water partition coefficient (Wildman–Crippen LogP) is 2.09. The molecular formula is C10H14N2O5Si. The predicted molar refractivity (Wildman–Crippen MR) is 68.4 cm³/mol. The highest BCUT2D eigenvalue weighted by atomic mass is 28.4. The second kappa shape index (κ2) is 4.65. The number of carbonyl (C=O) groups is 1. The highest BCUT2D eigenvalue weighted by molar-refractivity contribution is 6.70. The zero-order valence-electron chi connectivity index (χ0n) is 10.3. The molecule has 8 heteroatoms. The van der Waals surface area contributed by atoms with E-state index >= 15 is 0 Å². The number of nitro groups is 1. The molecule has 0 fully saturated rings. The van der Waals surface area contributed by atoms with Crippen LogP contribution in [0, 0.1) is 10.1 Å². The van der Waals surface area contributed by atoms with Gasteiger partial charge in [-0.15, -0.1) is 0 Å². The first-order valence-corrected chi connectivity index (χ1v) is 8.53. The molecule has 7 nitrogen and oxygen atoms in total. The summed E-state index contributed by atoms with van der Waals surface area (Å²) in [5, 5.41) is 19.8. The first kappa shape index (κ1) is 14.0. The van der Waals surface area contributed by atoms with Crippen molar-refractivity contribution in [3.8, 4) is 5.75 Å². The monoisotopic (exact) mass is 270 g/mol. The molecular weight excluding hydrogens is 256 g/mol. The number of hydrogen-bond acceptors (Lipinski definition) is 5. The fourth-order valence-corrected chi connectivity index (χ4v) is 2.15. The van der Waals surface area contributed by atoms with Crippen LogP contribution in [0.1, 0.15) is 10.4 Å². The van der Waals surface area contributed by atoms with Crippen molar-refractivity contribution >= 4 is 25.7 Å². The first-order chi connectivity index (χ1) is 8.11. The molecule has 1 aromatic rings. The van der Waals surface area contributed by atoms with Gasteiger partial charge in [0.05, 0.1) is 16.2 Å². The van der Waals surface area contributed by atoms with Gasteiger partial charge in [-0.05, 0) is 19.6 Å². The lowest BCUT2D eigenvalue weighted by molar-refractivity contribution is -0.385. The van der Waals surface area contributed by atoms with Crippen LogP contribution >= 0.6 is 0 Å². The van der Waals surface area contributed by atoms with E-state index in [1.54, 1.807) is 0 Å². The molecule has 0 saturated carbocycles. The van der Waals surface area contributed by atoms with Gasteiger partial charge in [-0.3, -0.25) is 10.1 Å². The molecule has 0 aromatic heterocycles. The van der Waals surface area contributed by atoms with E-state index in [1.165, 1.54) is 6.07 Å². The maximum Gasteiger partial charge on any atom is 0.338 e. The summed E-state index contributed by atoms with van der Waals surface area (Å²) in [6.45, 7) is 5.58. The average Bonchev–Trinajstić information content (AvgIpc) is 2.13. The van der Waals surface area contributed by atoms with Gasteiger partial charge in [0.1, 0.15) is 0 Å². The highest BCUT2D eigenvalue weighted by Crippen LogP contribution is 2.33. The lowest BCUT2D eigenvalue weighted by Gasteiger charge is -2.19. The van der Waals surface area contributed by atoms with Crippen molar-refractivity contribution < 1.29 is 19.3 Å². The second-order valence-electron chi connectivity index (χ2n) is 4.68. The van der Waals surface area contributed by atoms with Crippen molar-refractivity contribution in [3.63, 3.8) is 0 Å². The Bertz CT molecular complexity index is 510. The highest BCUT2D eigenvalue weighted by Gasteiger charge is 2.26. The van der Waals surface area contributed by atoms with E-state index in [0.717, 1.165) is 6.07 Å². The van der Waals surface area contributed by atoms with Crippen LogP contribution in [0.25, 0.3) is 0 Å². The molecule has 1 rings (SSSR count). The molecule has 3 N–H and O–H groups in total. The minimum atomic E-state index is -2.05. The number of aromatic carboxylic acids is 1. The number of hydrogen-bond donors (Lipinski definition) is 2. The van der Waals surface area contributed by atoms with Crippen molar-refractivity contribution in [2.75, 3.05) is 5.73 Å². The van der Waals surface area contributed by atoms with Crippen LogP contribution in [0.15, 0.2) is 12.1 Å². The molecule has 0 atom stereocenters. The summed E-state index contributed by atoms with van der Waals surface area (Å²) in [6.07, 6.45) is 0. The van der Waals surface area contributed by atoms with Gasteiger partial charge in [-0.1, -0.05) is 0 Å². The molecule has 0 radical (unpaired) electrons. The van der Waals surface area contributed by atoms with Gasteiger partial charge in [0.15, 0.2) is 5.75 Å². The van der Waals surface area contributed by atoms with Crippen LogP contribution in [0.5, 0.6) is 5.75 Å². The number of nitrogen functional groups attached to an aromatic ring is 1. The summed E-state index contributed by atoms with van der Waals surface area (Å²) >= 11 is 0. The molecule has 0 heterocycles. The molecule has 0 saturated heterocycles. The molecule has 0 unspecified atom stereocenters. The molecule has 0 amide bonds.